The van der Waals surface area contributed by atoms with Crippen LogP contribution in [0.5, 0.6) is 5.75 Å². The number of nitrogens with zero attached hydrogens (tertiary/aromatic N) is 2. The summed E-state index contributed by atoms with van der Waals surface area (Å²) in [5.41, 5.74) is 0.683. The fraction of sp³-hybridized carbons (Fsp3) is 0.167. The lowest BCUT2D eigenvalue weighted by Gasteiger charge is -2.08. The number of hydrogen-bond donors (Lipinski definition) is 1. The summed E-state index contributed by atoms with van der Waals surface area (Å²) in [6.45, 7) is 1.73. The predicted octanol–water partition coefficient (Wildman–Crippen LogP) is 4.40. The highest BCUT2D eigenvalue weighted by Crippen LogP contribution is 2.27. The normalized spacial score (nSPS) is 10.8. The molecule has 0 aliphatic rings. The van der Waals surface area contributed by atoms with Crippen LogP contribution in [0.3, 0.4) is 0 Å². The van der Waals surface area contributed by atoms with Crippen molar-refractivity contribution in [3.05, 3.63) is 86.2 Å². The molecular formula is C24H20BrN3O5S. The number of para-hydroxylation sites is 2. The van der Waals surface area contributed by atoms with E-state index in [2.05, 4.69) is 26.2 Å². The van der Waals surface area contributed by atoms with Gasteiger partial charge in [-0.2, -0.15) is 0 Å². The van der Waals surface area contributed by atoms with Crippen LogP contribution in [0.15, 0.2) is 70.2 Å². The Labute approximate surface area is 207 Å². The summed E-state index contributed by atoms with van der Waals surface area (Å²) in [5, 5.41) is 3.06. The second-order valence-electron chi connectivity index (χ2n) is 7.24. The number of aryl methyl sites for hydroxylation is 1. The zero-order valence-electron chi connectivity index (χ0n) is 18.1. The molecule has 2 heterocycles. The van der Waals surface area contributed by atoms with E-state index >= 15 is 0 Å². The van der Waals surface area contributed by atoms with Crippen LogP contribution in [0.2, 0.25) is 0 Å². The number of esters is 1. The van der Waals surface area contributed by atoms with Gasteiger partial charge >= 0.3 is 5.97 Å². The molecule has 4 rings (SSSR count). The Morgan fingerprint density at radius 2 is 1.82 bits per heavy atom. The number of fused-ring (bicyclic) bond motifs is 1. The maximum Gasteiger partial charge on any atom is 0.348 e. The standard InChI is InChI=1S/C24H20BrN3O5S/c1-15-20-22(34-21(15)24(31)33-12-11-32-16-7-3-2-4-8-16)26-14-28(23(20)30)13-19(29)27-18-10-6-5-9-17(18)25/h2-10,14H,11-13H2,1H3,(H,27,29). The molecule has 4 aromatic rings. The quantitative estimate of drug-likeness (QED) is 0.262. The van der Waals surface area contributed by atoms with Gasteiger partial charge in [0, 0.05) is 4.47 Å². The minimum atomic E-state index is -0.546. The van der Waals surface area contributed by atoms with Gasteiger partial charge in [0.05, 0.1) is 17.4 Å². The average molecular weight is 542 g/mol. The van der Waals surface area contributed by atoms with Gasteiger partial charge in [-0.3, -0.25) is 14.2 Å². The van der Waals surface area contributed by atoms with E-state index in [1.807, 2.05) is 36.4 Å². The number of aromatic nitrogens is 2. The number of rotatable bonds is 8. The molecule has 174 valence electrons. The number of benzene rings is 2. The van der Waals surface area contributed by atoms with Gasteiger partial charge in [0.1, 0.15) is 35.2 Å². The van der Waals surface area contributed by atoms with Crippen molar-refractivity contribution in [3.8, 4) is 5.75 Å². The average Bonchev–Trinajstić information content (AvgIpc) is 3.18. The molecule has 0 fully saturated rings. The monoisotopic (exact) mass is 541 g/mol. The number of hydrogen-bond acceptors (Lipinski definition) is 7. The first-order chi connectivity index (χ1) is 16.4. The minimum absolute atomic E-state index is 0.0638. The second-order valence-corrected chi connectivity index (χ2v) is 9.09. The molecule has 0 aliphatic carbocycles. The first-order valence-corrected chi connectivity index (χ1v) is 11.9. The first-order valence-electron chi connectivity index (χ1n) is 10.3. The number of anilines is 1. The molecule has 0 saturated carbocycles. The third-order valence-corrected chi connectivity index (χ3v) is 6.76. The SMILES string of the molecule is Cc1c(C(=O)OCCOc2ccccc2)sc2ncn(CC(=O)Nc3ccccc3Br)c(=O)c12. The van der Waals surface area contributed by atoms with Gasteiger partial charge in [0.2, 0.25) is 5.91 Å². The summed E-state index contributed by atoms with van der Waals surface area (Å²) in [6.07, 6.45) is 1.31. The Morgan fingerprint density at radius 1 is 1.09 bits per heavy atom. The van der Waals surface area contributed by atoms with Crippen LogP contribution in [0.4, 0.5) is 5.69 Å². The van der Waals surface area contributed by atoms with Crippen LogP contribution < -0.4 is 15.6 Å². The van der Waals surface area contributed by atoms with Crippen molar-refractivity contribution < 1.29 is 19.1 Å². The van der Waals surface area contributed by atoms with Crippen molar-refractivity contribution >= 4 is 55.0 Å². The highest BCUT2D eigenvalue weighted by molar-refractivity contribution is 9.10. The number of amides is 1. The smallest absolute Gasteiger partial charge is 0.348 e. The van der Waals surface area contributed by atoms with Gasteiger partial charge in [-0.1, -0.05) is 30.3 Å². The fourth-order valence-corrected chi connectivity index (χ4v) is 4.67. The number of ether oxygens (including phenoxy) is 2. The molecule has 1 amide bonds. The lowest BCUT2D eigenvalue weighted by atomic mass is 10.2. The Morgan fingerprint density at radius 3 is 2.59 bits per heavy atom. The molecule has 0 aliphatic heterocycles. The minimum Gasteiger partial charge on any atom is -0.490 e. The zero-order chi connectivity index (χ0) is 24.1. The number of carbonyl (C=O) groups excluding carboxylic acids is 2. The van der Waals surface area contributed by atoms with Gasteiger partial charge in [0.25, 0.3) is 5.56 Å². The molecule has 34 heavy (non-hydrogen) atoms. The van der Waals surface area contributed by atoms with E-state index < -0.39 is 11.5 Å². The van der Waals surface area contributed by atoms with E-state index in [1.165, 1.54) is 10.9 Å². The molecule has 0 atom stereocenters. The van der Waals surface area contributed by atoms with Crippen LogP contribution in [0.25, 0.3) is 10.2 Å². The van der Waals surface area contributed by atoms with Gasteiger partial charge in [-0.25, -0.2) is 9.78 Å². The largest absolute Gasteiger partial charge is 0.490 e. The van der Waals surface area contributed by atoms with Gasteiger partial charge in [-0.15, -0.1) is 11.3 Å². The van der Waals surface area contributed by atoms with Crippen LogP contribution in [-0.2, 0) is 16.1 Å². The number of carbonyl (C=O) groups is 2. The molecule has 2 aromatic heterocycles. The van der Waals surface area contributed by atoms with E-state index in [-0.39, 0.29) is 25.7 Å². The molecular weight excluding hydrogens is 522 g/mol. The molecule has 0 unspecified atom stereocenters. The Kier molecular flexibility index (Phi) is 7.39. The zero-order valence-corrected chi connectivity index (χ0v) is 20.5. The van der Waals surface area contributed by atoms with Gasteiger partial charge < -0.3 is 14.8 Å². The van der Waals surface area contributed by atoms with Crippen molar-refractivity contribution in [1.29, 1.82) is 0 Å². The molecule has 0 saturated heterocycles. The predicted molar refractivity (Wildman–Crippen MR) is 134 cm³/mol. The summed E-state index contributed by atoms with van der Waals surface area (Å²) >= 11 is 4.46. The molecule has 0 spiro atoms. The van der Waals surface area contributed by atoms with Gasteiger partial charge in [0.15, 0.2) is 0 Å². The first kappa shape index (κ1) is 23.7. The van der Waals surface area contributed by atoms with Crippen LogP contribution >= 0.6 is 27.3 Å². The maximum absolute atomic E-state index is 13.0. The number of nitrogens with one attached hydrogen (secondary N) is 1. The van der Waals surface area contributed by atoms with Crippen molar-refractivity contribution in [2.45, 2.75) is 13.5 Å². The third kappa shape index (κ3) is 5.35. The van der Waals surface area contributed by atoms with Crippen LogP contribution in [-0.4, -0.2) is 34.6 Å². The molecule has 0 radical (unpaired) electrons. The Balaban J connectivity index is 1.44. The van der Waals surface area contributed by atoms with E-state index in [1.54, 1.807) is 25.1 Å². The summed E-state index contributed by atoms with van der Waals surface area (Å²) < 4.78 is 12.8. The lowest BCUT2D eigenvalue weighted by Crippen LogP contribution is -2.28. The van der Waals surface area contributed by atoms with Crippen molar-refractivity contribution in [1.82, 2.24) is 9.55 Å². The molecule has 8 nitrogen and oxygen atoms in total. The van der Waals surface area contributed by atoms with Crippen molar-refractivity contribution in [2.75, 3.05) is 18.5 Å². The summed E-state index contributed by atoms with van der Waals surface area (Å²) in [6, 6.07) is 16.4. The second kappa shape index (κ2) is 10.6. The molecule has 1 N–H and O–H groups in total. The fourth-order valence-electron chi connectivity index (χ4n) is 3.25. The summed E-state index contributed by atoms with van der Waals surface area (Å²) in [5.74, 6) is -0.235. The van der Waals surface area contributed by atoms with Gasteiger partial charge in [-0.05, 0) is 52.7 Å². The molecule has 2 aromatic carbocycles. The van der Waals surface area contributed by atoms with Crippen LogP contribution in [0.1, 0.15) is 15.2 Å². The van der Waals surface area contributed by atoms with Crippen molar-refractivity contribution in [2.24, 2.45) is 0 Å². The number of halogens is 1. The summed E-state index contributed by atoms with van der Waals surface area (Å²) in [4.78, 5) is 43.1. The van der Waals surface area contributed by atoms with E-state index in [9.17, 15) is 14.4 Å². The van der Waals surface area contributed by atoms with E-state index in [4.69, 9.17) is 9.47 Å². The number of thiophene rings is 1. The topological polar surface area (TPSA) is 99.5 Å². The van der Waals surface area contributed by atoms with E-state index in [0.29, 0.717) is 32.1 Å². The van der Waals surface area contributed by atoms with Crippen LogP contribution in [0, 0.1) is 6.92 Å². The Bertz CT molecular complexity index is 1400. The Hall–Kier alpha value is -3.50. The highest BCUT2D eigenvalue weighted by Gasteiger charge is 2.21. The third-order valence-electron chi connectivity index (χ3n) is 4.89. The molecule has 0 bridgehead atoms. The van der Waals surface area contributed by atoms with E-state index in [0.717, 1.165) is 15.8 Å². The maximum atomic E-state index is 13.0. The van der Waals surface area contributed by atoms with Crippen molar-refractivity contribution in [3.63, 3.8) is 0 Å². The highest BCUT2D eigenvalue weighted by atomic mass is 79.9. The lowest BCUT2D eigenvalue weighted by molar-refractivity contribution is -0.116. The summed E-state index contributed by atoms with van der Waals surface area (Å²) in [7, 11) is 0. The molecule has 10 heteroatoms.